The van der Waals surface area contributed by atoms with E-state index in [0.717, 1.165) is 6.26 Å². The Morgan fingerprint density at radius 3 is 2.58 bits per heavy atom. The quantitative estimate of drug-likeness (QED) is 0.184. The van der Waals surface area contributed by atoms with Gasteiger partial charge in [-0.05, 0) is 72.5 Å². The highest BCUT2D eigenvalue weighted by Crippen LogP contribution is 2.31. The molecule has 0 saturated carbocycles. The molecule has 1 aromatic heterocycles. The molecule has 0 unspecified atom stereocenters. The molecule has 2 amide bonds. The summed E-state index contributed by atoms with van der Waals surface area (Å²) in [6, 6.07) is 15.4. The summed E-state index contributed by atoms with van der Waals surface area (Å²) in [7, 11) is -3.55. The van der Waals surface area contributed by atoms with Crippen LogP contribution in [0, 0.1) is 5.82 Å². The van der Waals surface area contributed by atoms with Crippen LogP contribution in [0.1, 0.15) is 12.0 Å². The summed E-state index contributed by atoms with van der Waals surface area (Å²) in [5.74, 6) is -0.831. The first-order valence-electron chi connectivity index (χ1n) is 13.0. The number of nitrogens with one attached hydrogen (secondary N) is 3. The number of carbonyl (C=O) groups is 2. The Balaban J connectivity index is 1.48. The predicted molar refractivity (Wildman–Crippen MR) is 168 cm³/mol. The molecule has 4 aromatic rings. The lowest BCUT2D eigenvalue weighted by Crippen LogP contribution is -2.46. The highest BCUT2D eigenvalue weighted by atomic mass is 35.5. The number of hydrogen-bond acceptors (Lipinski definition) is 9. The van der Waals surface area contributed by atoms with E-state index in [1.54, 1.807) is 48.5 Å². The maximum atomic E-state index is 13.4. The van der Waals surface area contributed by atoms with Gasteiger partial charge >= 0.3 is 0 Å². The van der Waals surface area contributed by atoms with Crippen molar-refractivity contribution in [2.75, 3.05) is 34.7 Å². The van der Waals surface area contributed by atoms with E-state index in [9.17, 15) is 22.4 Å². The minimum absolute atomic E-state index is 0.148. The SMILES string of the molecule is CSCC[C@H](NC(=O)CS(C)(=O)=O)C(=O)Nc1ccc2ncnc(Nc3ccc(OCc4cccc(F)c4)c(Cl)c3)c2c1. The van der Waals surface area contributed by atoms with Crippen LogP contribution in [0.4, 0.5) is 21.6 Å². The van der Waals surface area contributed by atoms with Crippen LogP contribution in [0.5, 0.6) is 5.75 Å². The molecule has 0 spiro atoms. The number of carbonyl (C=O) groups excluding carboxylic acids is 2. The third-order valence-electron chi connectivity index (χ3n) is 6.04. The van der Waals surface area contributed by atoms with Crippen LogP contribution in [0.15, 0.2) is 67.0 Å². The van der Waals surface area contributed by atoms with Crippen molar-refractivity contribution in [2.24, 2.45) is 0 Å². The molecule has 1 heterocycles. The molecule has 3 N–H and O–H groups in total. The molecule has 226 valence electrons. The van der Waals surface area contributed by atoms with Crippen molar-refractivity contribution in [3.05, 3.63) is 83.4 Å². The molecule has 0 aliphatic carbocycles. The van der Waals surface area contributed by atoms with Crippen molar-refractivity contribution < 1.29 is 27.1 Å². The second kappa shape index (κ2) is 14.5. The zero-order chi connectivity index (χ0) is 31.0. The lowest BCUT2D eigenvalue weighted by atomic mass is 10.1. The van der Waals surface area contributed by atoms with Crippen LogP contribution in [0.25, 0.3) is 10.9 Å². The molecule has 0 bridgehead atoms. The van der Waals surface area contributed by atoms with Crippen LogP contribution in [0.3, 0.4) is 0 Å². The van der Waals surface area contributed by atoms with Gasteiger partial charge in [0, 0.05) is 23.0 Å². The topological polar surface area (TPSA) is 139 Å². The van der Waals surface area contributed by atoms with Gasteiger partial charge in [0.25, 0.3) is 0 Å². The zero-order valence-electron chi connectivity index (χ0n) is 23.3. The number of amides is 2. The van der Waals surface area contributed by atoms with Gasteiger partial charge in [0.15, 0.2) is 9.84 Å². The van der Waals surface area contributed by atoms with Crippen molar-refractivity contribution in [1.82, 2.24) is 15.3 Å². The van der Waals surface area contributed by atoms with Crippen LogP contribution >= 0.6 is 23.4 Å². The highest BCUT2D eigenvalue weighted by molar-refractivity contribution is 7.98. The van der Waals surface area contributed by atoms with Gasteiger partial charge in [-0.15, -0.1) is 0 Å². The fourth-order valence-electron chi connectivity index (χ4n) is 4.06. The molecule has 1 atom stereocenters. The zero-order valence-corrected chi connectivity index (χ0v) is 25.7. The largest absolute Gasteiger partial charge is 0.487 e. The second-order valence-corrected chi connectivity index (χ2v) is 13.1. The van der Waals surface area contributed by atoms with Gasteiger partial charge in [-0.25, -0.2) is 22.8 Å². The summed E-state index contributed by atoms with van der Waals surface area (Å²) in [6.45, 7) is 0.148. The van der Waals surface area contributed by atoms with Crippen molar-refractivity contribution in [2.45, 2.75) is 19.1 Å². The third kappa shape index (κ3) is 9.53. The molecule has 0 saturated heterocycles. The summed E-state index contributed by atoms with van der Waals surface area (Å²) >= 11 is 7.94. The number of ether oxygens (including phenoxy) is 1. The smallest absolute Gasteiger partial charge is 0.246 e. The molecule has 0 aliphatic rings. The van der Waals surface area contributed by atoms with Gasteiger partial charge in [-0.1, -0.05) is 23.7 Å². The number of benzene rings is 3. The molecule has 3 aromatic carbocycles. The monoisotopic (exact) mass is 645 g/mol. The van der Waals surface area contributed by atoms with E-state index < -0.39 is 33.4 Å². The minimum atomic E-state index is -3.55. The van der Waals surface area contributed by atoms with E-state index in [1.807, 2.05) is 6.26 Å². The van der Waals surface area contributed by atoms with Crippen LogP contribution in [-0.2, 0) is 26.0 Å². The lowest BCUT2D eigenvalue weighted by Gasteiger charge is -2.18. The summed E-state index contributed by atoms with van der Waals surface area (Å²) in [5, 5.41) is 9.46. The standard InChI is InChI=1S/C29H29ClFN5O5S2/c1-42-11-10-25(36-27(37)16-43(2,39)40)29(38)35-20-6-8-24-22(13-20)28(33-17-32-24)34-21-7-9-26(23(30)14-21)41-15-18-4-3-5-19(31)12-18/h3-9,12-14,17,25H,10-11,15-16H2,1-2H3,(H,35,38)(H,36,37)(H,32,33,34)/t25-/m0/s1. The summed E-state index contributed by atoms with van der Waals surface area (Å²) in [4.78, 5) is 33.9. The first kappa shape index (κ1) is 32.0. The average Bonchev–Trinajstić information content (AvgIpc) is 2.94. The Hall–Kier alpha value is -3.94. The fourth-order valence-corrected chi connectivity index (χ4v) is 5.33. The molecule has 0 fully saturated rings. The summed E-state index contributed by atoms with van der Waals surface area (Å²) < 4.78 is 42.2. The van der Waals surface area contributed by atoms with Crippen molar-refractivity contribution in [3.63, 3.8) is 0 Å². The Bertz CT molecular complexity index is 1740. The molecular formula is C29H29ClFN5O5S2. The van der Waals surface area contributed by atoms with Gasteiger partial charge in [0.2, 0.25) is 11.8 Å². The van der Waals surface area contributed by atoms with E-state index in [2.05, 4.69) is 25.9 Å². The minimum Gasteiger partial charge on any atom is -0.487 e. The third-order valence-corrected chi connectivity index (χ3v) is 7.76. The van der Waals surface area contributed by atoms with Crippen LogP contribution in [-0.4, -0.2) is 60.3 Å². The molecule has 0 radical (unpaired) electrons. The summed E-state index contributed by atoms with van der Waals surface area (Å²) in [5.41, 5.74) is 2.32. The molecule has 4 rings (SSSR count). The molecule has 14 heteroatoms. The van der Waals surface area contributed by atoms with Gasteiger partial charge in [0.05, 0.1) is 10.5 Å². The number of thioether (sulfide) groups is 1. The van der Waals surface area contributed by atoms with Crippen LogP contribution in [0.2, 0.25) is 5.02 Å². The van der Waals surface area contributed by atoms with E-state index in [0.29, 0.717) is 56.6 Å². The molecule has 10 nitrogen and oxygen atoms in total. The molecular weight excluding hydrogens is 617 g/mol. The predicted octanol–water partition coefficient (Wildman–Crippen LogP) is 4.97. The Kier molecular flexibility index (Phi) is 10.8. The number of fused-ring (bicyclic) bond motifs is 1. The number of rotatable bonds is 13. The maximum absolute atomic E-state index is 13.4. The van der Waals surface area contributed by atoms with Crippen molar-refractivity contribution in [1.29, 1.82) is 0 Å². The van der Waals surface area contributed by atoms with E-state index in [4.69, 9.17) is 16.3 Å². The Morgan fingerprint density at radius 2 is 1.86 bits per heavy atom. The Labute approximate surface area is 257 Å². The average molecular weight is 646 g/mol. The van der Waals surface area contributed by atoms with Crippen molar-refractivity contribution >= 4 is 73.1 Å². The fraction of sp³-hybridized carbons (Fsp3) is 0.241. The number of nitrogens with zero attached hydrogens (tertiary/aromatic N) is 2. The van der Waals surface area contributed by atoms with E-state index >= 15 is 0 Å². The van der Waals surface area contributed by atoms with Crippen molar-refractivity contribution in [3.8, 4) is 5.75 Å². The van der Waals surface area contributed by atoms with E-state index in [-0.39, 0.29) is 12.4 Å². The maximum Gasteiger partial charge on any atom is 0.246 e. The molecule has 43 heavy (non-hydrogen) atoms. The van der Waals surface area contributed by atoms with E-state index in [1.165, 1.54) is 30.2 Å². The number of hydrogen-bond donors (Lipinski definition) is 3. The van der Waals surface area contributed by atoms with Gasteiger partial charge in [-0.2, -0.15) is 11.8 Å². The lowest BCUT2D eigenvalue weighted by molar-refractivity contribution is -0.125. The highest BCUT2D eigenvalue weighted by Gasteiger charge is 2.23. The number of anilines is 3. The van der Waals surface area contributed by atoms with Crippen LogP contribution < -0.4 is 20.7 Å². The summed E-state index contributed by atoms with van der Waals surface area (Å²) in [6.07, 6.45) is 4.54. The van der Waals surface area contributed by atoms with Gasteiger partial charge in [0.1, 0.15) is 42.1 Å². The first-order chi connectivity index (χ1) is 20.5. The molecule has 0 aliphatic heterocycles. The normalized spacial score (nSPS) is 12.0. The Morgan fingerprint density at radius 1 is 1.07 bits per heavy atom. The number of aromatic nitrogens is 2. The van der Waals surface area contributed by atoms with Gasteiger partial charge in [-0.3, -0.25) is 9.59 Å². The second-order valence-electron chi connectivity index (χ2n) is 9.60. The first-order valence-corrected chi connectivity index (χ1v) is 16.8. The number of halogens is 2. The number of sulfone groups is 1. The van der Waals surface area contributed by atoms with Gasteiger partial charge < -0.3 is 20.7 Å².